The maximum absolute atomic E-state index is 13.2. The van der Waals surface area contributed by atoms with Gasteiger partial charge in [0.05, 0.1) is 11.6 Å². The van der Waals surface area contributed by atoms with E-state index in [1.807, 2.05) is 22.6 Å². The van der Waals surface area contributed by atoms with Gasteiger partial charge in [-0.05, 0) is 51.3 Å². The average Bonchev–Trinajstić information content (AvgIpc) is 3.03. The summed E-state index contributed by atoms with van der Waals surface area (Å²) in [6, 6.07) is 10.6. The number of aromatic nitrogens is 2. The van der Waals surface area contributed by atoms with Gasteiger partial charge in [0.1, 0.15) is 0 Å². The van der Waals surface area contributed by atoms with E-state index in [9.17, 15) is 4.79 Å². The lowest BCUT2D eigenvalue weighted by atomic mass is 10.0. The fourth-order valence-corrected chi connectivity index (χ4v) is 3.63. The maximum Gasteiger partial charge on any atom is 0.274 e. The van der Waals surface area contributed by atoms with Crippen molar-refractivity contribution in [1.82, 2.24) is 20.0 Å². The van der Waals surface area contributed by atoms with E-state index in [-0.39, 0.29) is 29.9 Å². The van der Waals surface area contributed by atoms with Crippen LogP contribution in [0.5, 0.6) is 0 Å². The number of hydrogen-bond donors (Lipinski definition) is 1. The Morgan fingerprint density at radius 2 is 1.93 bits per heavy atom. The molecule has 3 rings (SSSR count). The molecule has 1 amide bonds. The minimum atomic E-state index is -0.137. The van der Waals surface area contributed by atoms with Crippen molar-refractivity contribution in [3.05, 3.63) is 52.8 Å². The number of hydrogen-bond acceptors (Lipinski definition) is 3. The van der Waals surface area contributed by atoms with Gasteiger partial charge in [0.25, 0.3) is 5.91 Å². The zero-order chi connectivity index (χ0) is 18.9. The van der Waals surface area contributed by atoms with Crippen molar-refractivity contribution in [3.63, 3.8) is 0 Å². The first kappa shape index (κ1) is 21.5. The Morgan fingerprint density at radius 1 is 1.26 bits per heavy atom. The first-order chi connectivity index (χ1) is 12.3. The Hall–Kier alpha value is -1.85. The molecule has 1 aromatic heterocycles. The number of piperazine rings is 1. The lowest BCUT2D eigenvalue weighted by Gasteiger charge is -2.36. The van der Waals surface area contributed by atoms with Gasteiger partial charge in [-0.25, -0.2) is 0 Å². The van der Waals surface area contributed by atoms with E-state index < -0.39 is 0 Å². The van der Waals surface area contributed by atoms with E-state index in [1.165, 1.54) is 11.1 Å². The number of benzene rings is 1. The van der Waals surface area contributed by atoms with Crippen LogP contribution in [0.15, 0.2) is 30.3 Å². The van der Waals surface area contributed by atoms with Crippen molar-refractivity contribution in [3.8, 4) is 0 Å². The second-order valence-electron chi connectivity index (χ2n) is 8.07. The molecule has 1 N–H and O–H groups in total. The summed E-state index contributed by atoms with van der Waals surface area (Å²) in [6.45, 7) is 12.7. The third-order valence-electron chi connectivity index (χ3n) is 5.02. The highest BCUT2D eigenvalue weighted by Gasteiger charge is 2.31. The fourth-order valence-electron chi connectivity index (χ4n) is 3.63. The summed E-state index contributed by atoms with van der Waals surface area (Å²) in [4.78, 5) is 15.2. The molecule has 5 nitrogen and oxygen atoms in total. The van der Waals surface area contributed by atoms with E-state index in [1.54, 1.807) is 0 Å². The van der Waals surface area contributed by atoms with Crippen molar-refractivity contribution in [2.45, 2.75) is 52.6 Å². The van der Waals surface area contributed by atoms with Gasteiger partial charge >= 0.3 is 0 Å². The van der Waals surface area contributed by atoms with Crippen molar-refractivity contribution >= 4 is 18.3 Å². The Kier molecular flexibility index (Phi) is 6.71. The topological polar surface area (TPSA) is 50.2 Å². The van der Waals surface area contributed by atoms with Gasteiger partial charge in [-0.3, -0.25) is 9.48 Å². The molecule has 1 saturated heterocycles. The molecule has 1 atom stereocenters. The van der Waals surface area contributed by atoms with E-state index in [2.05, 4.69) is 62.4 Å². The second-order valence-corrected chi connectivity index (χ2v) is 8.07. The number of nitrogens with one attached hydrogen (secondary N) is 1. The van der Waals surface area contributed by atoms with Gasteiger partial charge in [0.2, 0.25) is 0 Å². The molecule has 0 aliphatic carbocycles. The predicted octanol–water partition coefficient (Wildman–Crippen LogP) is 3.72. The lowest BCUT2D eigenvalue weighted by Crippen LogP contribution is -2.48. The van der Waals surface area contributed by atoms with Crippen molar-refractivity contribution in [1.29, 1.82) is 0 Å². The molecule has 0 spiro atoms. The smallest absolute Gasteiger partial charge is 0.274 e. The van der Waals surface area contributed by atoms with Crippen LogP contribution in [0.25, 0.3) is 0 Å². The third-order valence-corrected chi connectivity index (χ3v) is 5.02. The second kappa shape index (κ2) is 8.44. The summed E-state index contributed by atoms with van der Waals surface area (Å²) in [6.07, 6.45) is 1.02. The molecule has 0 radical (unpaired) electrons. The number of carbonyl (C=O) groups excluding carboxylic acids is 1. The molecule has 2 aromatic rings. The molecule has 1 aliphatic rings. The van der Waals surface area contributed by atoms with Crippen LogP contribution in [0.2, 0.25) is 0 Å². The number of rotatable bonds is 3. The molecule has 1 aromatic carbocycles. The molecule has 2 heterocycles. The van der Waals surface area contributed by atoms with Crippen LogP contribution >= 0.6 is 12.4 Å². The largest absolute Gasteiger partial charge is 0.328 e. The molecule has 1 fully saturated rings. The number of nitrogens with zero attached hydrogens (tertiary/aromatic N) is 3. The molecule has 6 heteroatoms. The van der Waals surface area contributed by atoms with Crippen LogP contribution in [0.1, 0.15) is 61.0 Å². The van der Waals surface area contributed by atoms with Gasteiger partial charge < -0.3 is 10.2 Å². The van der Waals surface area contributed by atoms with E-state index in [0.29, 0.717) is 12.2 Å². The summed E-state index contributed by atoms with van der Waals surface area (Å²) in [5.74, 6) is 0.0159. The van der Waals surface area contributed by atoms with Gasteiger partial charge in [0.15, 0.2) is 5.69 Å². The van der Waals surface area contributed by atoms with E-state index in [0.717, 1.165) is 25.2 Å². The Morgan fingerprint density at radius 3 is 2.48 bits per heavy atom. The summed E-state index contributed by atoms with van der Waals surface area (Å²) >= 11 is 0. The fraction of sp³-hybridized carbons (Fsp3) is 0.524. The van der Waals surface area contributed by atoms with Gasteiger partial charge in [-0.15, -0.1) is 12.4 Å². The summed E-state index contributed by atoms with van der Waals surface area (Å²) < 4.78 is 1.94. The lowest BCUT2D eigenvalue weighted by molar-refractivity contribution is 0.0626. The van der Waals surface area contributed by atoms with Gasteiger partial charge in [-0.1, -0.05) is 31.2 Å². The number of halogens is 1. The molecule has 0 saturated carbocycles. The van der Waals surface area contributed by atoms with Crippen LogP contribution in [-0.4, -0.2) is 40.2 Å². The minimum absolute atomic E-state index is 0. The van der Waals surface area contributed by atoms with Crippen LogP contribution in [0, 0.1) is 6.92 Å². The zero-order valence-corrected chi connectivity index (χ0v) is 17.8. The van der Waals surface area contributed by atoms with E-state index >= 15 is 0 Å². The molecular formula is C21H31ClN4O. The Balaban J connectivity index is 0.00000261. The van der Waals surface area contributed by atoms with Gasteiger partial charge in [-0.2, -0.15) is 5.10 Å². The number of amides is 1. The van der Waals surface area contributed by atoms with Crippen molar-refractivity contribution < 1.29 is 4.79 Å². The first-order valence-electron chi connectivity index (χ1n) is 9.49. The van der Waals surface area contributed by atoms with Gasteiger partial charge in [0, 0.05) is 25.3 Å². The maximum atomic E-state index is 13.2. The zero-order valence-electron chi connectivity index (χ0n) is 17.0. The summed E-state index contributed by atoms with van der Waals surface area (Å²) in [7, 11) is 0. The van der Waals surface area contributed by atoms with E-state index in [4.69, 9.17) is 0 Å². The van der Waals surface area contributed by atoms with Crippen LogP contribution in [-0.2, 0) is 12.0 Å². The number of aryl methyl sites for hydroxylation is 2. The SMILES string of the molecule is CCc1ccc(C2CNCCN2C(=O)c2cc(C)n(C(C)(C)C)n2)cc1.Cl. The normalized spacial score (nSPS) is 17.5. The standard InChI is InChI=1S/C21H30N4O.ClH/c1-6-16-7-9-17(10-8-16)19-14-22-11-12-24(19)20(26)18-13-15(2)25(23-18)21(3,4)5;/h7-10,13,19,22H,6,11-12,14H2,1-5H3;1H. The number of carbonyl (C=O) groups is 1. The molecule has 27 heavy (non-hydrogen) atoms. The highest BCUT2D eigenvalue weighted by atomic mass is 35.5. The van der Waals surface area contributed by atoms with Crippen molar-refractivity contribution in [2.24, 2.45) is 0 Å². The minimum Gasteiger partial charge on any atom is -0.328 e. The molecule has 148 valence electrons. The third kappa shape index (κ3) is 4.53. The van der Waals surface area contributed by atoms with Crippen molar-refractivity contribution in [2.75, 3.05) is 19.6 Å². The highest BCUT2D eigenvalue weighted by molar-refractivity contribution is 5.92. The van der Waals surface area contributed by atoms with Crippen LogP contribution in [0.3, 0.4) is 0 Å². The first-order valence-corrected chi connectivity index (χ1v) is 9.49. The Bertz CT molecular complexity index is 776. The molecule has 0 bridgehead atoms. The molecule has 1 unspecified atom stereocenters. The average molecular weight is 391 g/mol. The monoisotopic (exact) mass is 390 g/mol. The van der Waals surface area contributed by atoms with Crippen LogP contribution < -0.4 is 5.32 Å². The summed E-state index contributed by atoms with van der Waals surface area (Å²) in [5, 5.41) is 8.04. The predicted molar refractivity (Wildman–Crippen MR) is 112 cm³/mol. The molecule has 1 aliphatic heterocycles. The molecular weight excluding hydrogens is 360 g/mol. The Labute approximate surface area is 168 Å². The summed E-state index contributed by atoms with van der Waals surface area (Å²) in [5.41, 5.74) is 3.90. The van der Waals surface area contributed by atoms with Crippen LogP contribution in [0.4, 0.5) is 0 Å². The quantitative estimate of drug-likeness (QED) is 0.868. The highest BCUT2D eigenvalue weighted by Crippen LogP contribution is 2.25.